The number of carbonyl (C=O) groups excluding carboxylic acids is 2. The van der Waals surface area contributed by atoms with Gasteiger partial charge in [0.15, 0.2) is 0 Å². The van der Waals surface area contributed by atoms with Gasteiger partial charge in [0.25, 0.3) is 5.91 Å². The molecule has 2 amide bonds. The van der Waals surface area contributed by atoms with Crippen LogP contribution in [0.25, 0.3) is 10.9 Å². The number of hydrogen-bond donors (Lipinski definition) is 2. The van der Waals surface area contributed by atoms with E-state index in [0.29, 0.717) is 35.7 Å². The van der Waals surface area contributed by atoms with Gasteiger partial charge in [0.2, 0.25) is 5.91 Å². The van der Waals surface area contributed by atoms with Crippen LogP contribution in [0.3, 0.4) is 0 Å². The fourth-order valence-electron chi connectivity index (χ4n) is 5.13. The lowest BCUT2D eigenvalue weighted by molar-refractivity contribution is -0.119. The molecule has 0 fully saturated rings. The number of aromatic amines is 1. The molecule has 3 aromatic carbocycles. The molecule has 2 unspecified atom stereocenters. The van der Waals surface area contributed by atoms with Crippen LogP contribution in [-0.4, -0.2) is 49.1 Å². The minimum atomic E-state index is -0.653. The smallest absolute Gasteiger partial charge is 0.254 e. The molecule has 0 spiro atoms. The van der Waals surface area contributed by atoms with E-state index in [-0.39, 0.29) is 11.8 Å². The SMILES string of the molecule is COCCN1C(=O)c2ccccc2C(C(=O)Nc2cc(C)ccc2OC)C1c1c[nH]c2ccccc12. The van der Waals surface area contributed by atoms with Crippen LogP contribution in [0.5, 0.6) is 5.75 Å². The first-order valence-corrected chi connectivity index (χ1v) is 11.9. The largest absolute Gasteiger partial charge is 0.495 e. The monoisotopic (exact) mass is 483 g/mol. The molecular formula is C29H29N3O4. The van der Waals surface area contributed by atoms with Crippen LogP contribution >= 0.6 is 0 Å². The average Bonchev–Trinajstić information content (AvgIpc) is 3.32. The highest BCUT2D eigenvalue weighted by molar-refractivity contribution is 6.05. The predicted octanol–water partition coefficient (Wildman–Crippen LogP) is 5.05. The summed E-state index contributed by atoms with van der Waals surface area (Å²) in [5.74, 6) is -0.402. The maximum absolute atomic E-state index is 14.1. The number of methoxy groups -OCH3 is 2. The first kappa shape index (κ1) is 23.6. The van der Waals surface area contributed by atoms with E-state index >= 15 is 0 Å². The lowest BCUT2D eigenvalue weighted by Gasteiger charge is -2.41. The fraction of sp³-hybridized carbons (Fsp3) is 0.241. The second-order valence-electron chi connectivity index (χ2n) is 8.98. The number of rotatable bonds is 7. The highest BCUT2D eigenvalue weighted by atomic mass is 16.5. The Labute approximate surface area is 210 Å². The van der Waals surface area contributed by atoms with E-state index in [1.807, 2.05) is 73.8 Å². The van der Waals surface area contributed by atoms with Crippen molar-refractivity contribution in [3.8, 4) is 5.75 Å². The molecule has 4 aromatic rings. The van der Waals surface area contributed by atoms with E-state index in [1.54, 1.807) is 25.2 Å². The molecule has 5 rings (SSSR count). The quantitative estimate of drug-likeness (QED) is 0.385. The molecular weight excluding hydrogens is 454 g/mol. The number of aromatic nitrogens is 1. The van der Waals surface area contributed by atoms with E-state index in [4.69, 9.17) is 9.47 Å². The van der Waals surface area contributed by atoms with Crippen molar-refractivity contribution in [3.63, 3.8) is 0 Å². The molecule has 0 saturated carbocycles. The maximum atomic E-state index is 14.1. The molecule has 0 saturated heterocycles. The van der Waals surface area contributed by atoms with Gasteiger partial charge in [-0.3, -0.25) is 9.59 Å². The van der Waals surface area contributed by atoms with Crippen molar-refractivity contribution in [1.82, 2.24) is 9.88 Å². The summed E-state index contributed by atoms with van der Waals surface area (Å²) in [6.07, 6.45) is 1.91. The van der Waals surface area contributed by atoms with Gasteiger partial charge in [-0.15, -0.1) is 0 Å². The number of benzene rings is 3. The first-order valence-electron chi connectivity index (χ1n) is 11.9. The summed E-state index contributed by atoms with van der Waals surface area (Å²) in [4.78, 5) is 33.0. The summed E-state index contributed by atoms with van der Waals surface area (Å²) in [6, 6.07) is 20.4. The van der Waals surface area contributed by atoms with Gasteiger partial charge in [0, 0.05) is 41.9 Å². The highest BCUT2D eigenvalue weighted by Gasteiger charge is 2.45. The van der Waals surface area contributed by atoms with Gasteiger partial charge in [-0.25, -0.2) is 0 Å². The highest BCUT2D eigenvalue weighted by Crippen LogP contribution is 2.45. The Hall–Kier alpha value is -4.10. The lowest BCUT2D eigenvalue weighted by atomic mass is 9.79. The number of carbonyl (C=O) groups is 2. The van der Waals surface area contributed by atoms with Crippen LogP contribution in [0.1, 0.15) is 39.0 Å². The fourth-order valence-corrected chi connectivity index (χ4v) is 5.13. The third kappa shape index (κ3) is 4.12. The van der Waals surface area contributed by atoms with Crippen molar-refractivity contribution in [2.45, 2.75) is 18.9 Å². The third-order valence-electron chi connectivity index (χ3n) is 6.81. The molecule has 1 aliphatic rings. The Morgan fingerprint density at radius 1 is 1.03 bits per heavy atom. The van der Waals surface area contributed by atoms with Crippen molar-refractivity contribution in [2.75, 3.05) is 32.7 Å². The zero-order valence-electron chi connectivity index (χ0n) is 20.6. The molecule has 2 N–H and O–H groups in total. The number of fused-ring (bicyclic) bond motifs is 2. The van der Waals surface area contributed by atoms with E-state index in [2.05, 4.69) is 10.3 Å². The molecule has 184 valence electrons. The Morgan fingerprint density at radius 2 is 1.81 bits per heavy atom. The number of nitrogens with one attached hydrogen (secondary N) is 2. The molecule has 1 aromatic heterocycles. The Kier molecular flexibility index (Phi) is 6.48. The summed E-state index contributed by atoms with van der Waals surface area (Å²) in [5.41, 5.74) is 4.67. The number of ether oxygens (including phenoxy) is 2. The molecule has 1 aliphatic heterocycles. The summed E-state index contributed by atoms with van der Waals surface area (Å²) in [7, 11) is 3.19. The number of aryl methyl sites for hydroxylation is 1. The normalized spacial score (nSPS) is 17.2. The summed E-state index contributed by atoms with van der Waals surface area (Å²) < 4.78 is 10.9. The van der Waals surface area contributed by atoms with E-state index in [1.165, 1.54) is 0 Å². The number of H-pyrrole nitrogens is 1. The van der Waals surface area contributed by atoms with Crippen molar-refractivity contribution < 1.29 is 19.1 Å². The zero-order valence-corrected chi connectivity index (χ0v) is 20.6. The van der Waals surface area contributed by atoms with E-state index in [9.17, 15) is 9.59 Å². The van der Waals surface area contributed by atoms with Gasteiger partial charge in [0.1, 0.15) is 5.75 Å². The Balaban J connectivity index is 1.68. The Bertz CT molecular complexity index is 1430. The zero-order chi connectivity index (χ0) is 25.2. The second kappa shape index (κ2) is 9.87. The van der Waals surface area contributed by atoms with Gasteiger partial charge >= 0.3 is 0 Å². The van der Waals surface area contributed by atoms with Crippen LogP contribution in [0, 0.1) is 6.92 Å². The molecule has 2 atom stereocenters. The number of amides is 2. The molecule has 0 aliphatic carbocycles. The predicted molar refractivity (Wildman–Crippen MR) is 139 cm³/mol. The van der Waals surface area contributed by atoms with Crippen LogP contribution in [-0.2, 0) is 9.53 Å². The lowest BCUT2D eigenvalue weighted by Crippen LogP contribution is -2.47. The van der Waals surface area contributed by atoms with Gasteiger partial charge in [-0.2, -0.15) is 0 Å². The van der Waals surface area contributed by atoms with Crippen LogP contribution in [0.4, 0.5) is 5.69 Å². The molecule has 0 bridgehead atoms. The molecule has 36 heavy (non-hydrogen) atoms. The first-order chi connectivity index (χ1) is 17.5. The summed E-state index contributed by atoms with van der Waals surface area (Å²) in [5, 5.41) is 4.08. The van der Waals surface area contributed by atoms with E-state index < -0.39 is 12.0 Å². The van der Waals surface area contributed by atoms with Crippen LogP contribution < -0.4 is 10.1 Å². The van der Waals surface area contributed by atoms with Crippen molar-refractivity contribution in [1.29, 1.82) is 0 Å². The topological polar surface area (TPSA) is 83.7 Å². The molecule has 0 radical (unpaired) electrons. The van der Waals surface area contributed by atoms with Gasteiger partial charge < -0.3 is 24.7 Å². The van der Waals surface area contributed by atoms with Crippen molar-refractivity contribution in [3.05, 3.63) is 95.2 Å². The number of hydrogen-bond acceptors (Lipinski definition) is 4. The maximum Gasteiger partial charge on any atom is 0.254 e. The Morgan fingerprint density at radius 3 is 2.61 bits per heavy atom. The minimum Gasteiger partial charge on any atom is -0.495 e. The van der Waals surface area contributed by atoms with Gasteiger partial charge in [-0.05, 0) is 42.3 Å². The minimum absolute atomic E-state index is 0.116. The molecule has 7 heteroatoms. The van der Waals surface area contributed by atoms with Gasteiger partial charge in [-0.1, -0.05) is 42.5 Å². The van der Waals surface area contributed by atoms with Gasteiger partial charge in [0.05, 0.1) is 31.4 Å². The second-order valence-corrected chi connectivity index (χ2v) is 8.98. The molecule has 2 heterocycles. The number of nitrogens with zero attached hydrogens (tertiary/aromatic N) is 1. The van der Waals surface area contributed by atoms with Crippen molar-refractivity contribution >= 4 is 28.4 Å². The third-order valence-corrected chi connectivity index (χ3v) is 6.81. The molecule has 7 nitrogen and oxygen atoms in total. The van der Waals surface area contributed by atoms with Crippen LogP contribution in [0.15, 0.2) is 72.9 Å². The average molecular weight is 484 g/mol. The van der Waals surface area contributed by atoms with Crippen LogP contribution in [0.2, 0.25) is 0 Å². The van der Waals surface area contributed by atoms with E-state index in [0.717, 1.165) is 22.0 Å². The number of para-hydroxylation sites is 1. The number of anilines is 1. The summed E-state index contributed by atoms with van der Waals surface area (Å²) >= 11 is 0. The van der Waals surface area contributed by atoms with Crippen molar-refractivity contribution in [2.24, 2.45) is 0 Å². The standard InChI is InChI=1S/C29H29N3O4/c1-18-12-13-25(36-3)24(16-18)31-28(33)26-20-9-4-5-10-21(20)29(34)32(14-15-35-2)27(26)22-17-30-23-11-7-6-8-19(22)23/h4-13,16-17,26-27,30H,14-15H2,1-3H3,(H,31,33). The summed E-state index contributed by atoms with van der Waals surface area (Å²) in [6.45, 7) is 2.67.